The summed E-state index contributed by atoms with van der Waals surface area (Å²) in [7, 11) is 1.36. The average Bonchev–Trinajstić information content (AvgIpc) is 3.30. The monoisotopic (exact) mass is 277 g/mol. The number of methoxy groups -OCH3 is 1. The Kier molecular flexibility index (Phi) is 3.56. The van der Waals surface area contributed by atoms with Crippen molar-refractivity contribution in [3.63, 3.8) is 0 Å². The maximum Gasteiger partial charge on any atom is 0.339 e. The van der Waals surface area contributed by atoms with Crippen molar-refractivity contribution in [3.05, 3.63) is 17.8 Å². The van der Waals surface area contributed by atoms with Gasteiger partial charge < -0.3 is 14.4 Å². The van der Waals surface area contributed by atoms with Crippen molar-refractivity contribution in [2.45, 2.75) is 32.0 Å². The van der Waals surface area contributed by atoms with Gasteiger partial charge in [0.15, 0.2) is 5.82 Å². The van der Waals surface area contributed by atoms with E-state index in [0.717, 1.165) is 13.1 Å². The Bertz CT molecular complexity index is 504. The number of anilines is 1. The van der Waals surface area contributed by atoms with Gasteiger partial charge in [-0.2, -0.15) is 5.10 Å². The van der Waals surface area contributed by atoms with Gasteiger partial charge in [-0.3, -0.25) is 0 Å². The molecule has 2 fully saturated rings. The van der Waals surface area contributed by atoms with Crippen molar-refractivity contribution in [2.75, 3.05) is 25.1 Å². The predicted molar refractivity (Wildman–Crippen MR) is 72.6 cm³/mol. The number of morpholine rings is 1. The molecule has 1 aromatic rings. The number of aromatic nitrogens is 2. The number of nitrogens with zero attached hydrogens (tertiary/aromatic N) is 3. The normalized spacial score (nSPS) is 26.4. The summed E-state index contributed by atoms with van der Waals surface area (Å²) in [6.07, 6.45) is 4.36. The van der Waals surface area contributed by atoms with Crippen LogP contribution in [0.15, 0.2) is 12.3 Å². The molecule has 0 radical (unpaired) electrons. The van der Waals surface area contributed by atoms with Crippen LogP contribution in [0.2, 0.25) is 0 Å². The number of carbonyl (C=O) groups excluding carboxylic acids is 1. The first-order valence-electron chi connectivity index (χ1n) is 6.99. The van der Waals surface area contributed by atoms with Crippen LogP contribution in [-0.4, -0.2) is 48.6 Å². The Balaban J connectivity index is 1.78. The molecule has 6 nitrogen and oxygen atoms in total. The topological polar surface area (TPSA) is 64.5 Å². The van der Waals surface area contributed by atoms with E-state index in [2.05, 4.69) is 22.0 Å². The van der Waals surface area contributed by atoms with Crippen molar-refractivity contribution in [1.82, 2.24) is 10.2 Å². The number of esters is 1. The van der Waals surface area contributed by atoms with Crippen LogP contribution in [0.3, 0.4) is 0 Å². The van der Waals surface area contributed by atoms with Crippen molar-refractivity contribution in [3.8, 4) is 0 Å². The number of hydrogen-bond acceptors (Lipinski definition) is 6. The minimum Gasteiger partial charge on any atom is -0.465 e. The van der Waals surface area contributed by atoms with E-state index in [1.807, 2.05) is 0 Å². The first kappa shape index (κ1) is 13.3. The van der Waals surface area contributed by atoms with Crippen LogP contribution in [0.1, 0.15) is 30.1 Å². The lowest BCUT2D eigenvalue weighted by Gasteiger charge is -2.37. The van der Waals surface area contributed by atoms with E-state index in [1.54, 1.807) is 6.07 Å². The SMILES string of the molecule is COC(=O)c1cnnc(N2CC(C)OC(C3CC3)C2)c1. The van der Waals surface area contributed by atoms with Crippen LogP contribution < -0.4 is 4.90 Å². The highest BCUT2D eigenvalue weighted by Crippen LogP contribution is 2.37. The van der Waals surface area contributed by atoms with E-state index in [-0.39, 0.29) is 18.2 Å². The maximum atomic E-state index is 11.6. The predicted octanol–water partition coefficient (Wildman–Crippen LogP) is 1.27. The van der Waals surface area contributed by atoms with Crippen molar-refractivity contribution in [1.29, 1.82) is 0 Å². The summed E-state index contributed by atoms with van der Waals surface area (Å²) in [4.78, 5) is 13.7. The van der Waals surface area contributed by atoms with E-state index in [9.17, 15) is 4.79 Å². The summed E-state index contributed by atoms with van der Waals surface area (Å²) in [5.41, 5.74) is 0.430. The molecule has 1 saturated carbocycles. The highest BCUT2D eigenvalue weighted by atomic mass is 16.5. The molecule has 1 aliphatic carbocycles. The molecule has 0 spiro atoms. The van der Waals surface area contributed by atoms with Crippen LogP contribution >= 0.6 is 0 Å². The molecule has 0 bridgehead atoms. The third kappa shape index (κ3) is 2.75. The molecule has 2 heterocycles. The first-order chi connectivity index (χ1) is 9.67. The molecule has 2 atom stereocenters. The van der Waals surface area contributed by atoms with Crippen molar-refractivity contribution in [2.24, 2.45) is 5.92 Å². The lowest BCUT2D eigenvalue weighted by atomic mass is 10.1. The van der Waals surface area contributed by atoms with E-state index in [0.29, 0.717) is 17.3 Å². The van der Waals surface area contributed by atoms with Gasteiger partial charge >= 0.3 is 5.97 Å². The standard InChI is InChI=1S/C14H19N3O3/c1-9-7-17(8-12(20-9)10-3-4-10)13-5-11(6-15-16-13)14(18)19-2/h5-6,9-10,12H,3-4,7-8H2,1-2H3. The molecular weight excluding hydrogens is 258 g/mol. The van der Waals surface area contributed by atoms with Gasteiger partial charge in [0.25, 0.3) is 0 Å². The van der Waals surface area contributed by atoms with E-state index in [4.69, 9.17) is 9.47 Å². The maximum absolute atomic E-state index is 11.6. The number of hydrogen-bond donors (Lipinski definition) is 0. The van der Waals surface area contributed by atoms with Crippen LogP contribution in [0.25, 0.3) is 0 Å². The quantitative estimate of drug-likeness (QED) is 0.775. The second kappa shape index (κ2) is 5.36. The fraction of sp³-hybridized carbons (Fsp3) is 0.643. The van der Waals surface area contributed by atoms with Gasteiger partial charge in [-0.1, -0.05) is 0 Å². The lowest BCUT2D eigenvalue weighted by molar-refractivity contribution is -0.0274. The van der Waals surface area contributed by atoms with Gasteiger partial charge in [-0.05, 0) is 31.7 Å². The van der Waals surface area contributed by atoms with Crippen molar-refractivity contribution < 1.29 is 14.3 Å². The second-order valence-electron chi connectivity index (χ2n) is 5.52. The van der Waals surface area contributed by atoms with Gasteiger partial charge in [0.05, 0.1) is 31.1 Å². The minimum absolute atomic E-state index is 0.165. The van der Waals surface area contributed by atoms with E-state index < -0.39 is 0 Å². The van der Waals surface area contributed by atoms with Crippen LogP contribution in [0.5, 0.6) is 0 Å². The molecule has 2 aliphatic rings. The second-order valence-corrected chi connectivity index (χ2v) is 5.52. The van der Waals surface area contributed by atoms with E-state index in [1.165, 1.54) is 26.1 Å². The molecule has 3 rings (SSSR count). The van der Waals surface area contributed by atoms with E-state index >= 15 is 0 Å². The van der Waals surface area contributed by atoms with Gasteiger partial charge in [0, 0.05) is 13.1 Å². The molecule has 108 valence electrons. The average molecular weight is 277 g/mol. The summed E-state index contributed by atoms with van der Waals surface area (Å²) in [6.45, 7) is 3.65. The van der Waals surface area contributed by atoms with Gasteiger partial charge in [0.1, 0.15) is 0 Å². The lowest BCUT2D eigenvalue weighted by Crippen LogP contribution is -2.48. The van der Waals surface area contributed by atoms with Gasteiger partial charge in [-0.15, -0.1) is 5.10 Å². The Hall–Kier alpha value is -1.69. The zero-order valence-corrected chi connectivity index (χ0v) is 11.8. The Morgan fingerprint density at radius 2 is 2.25 bits per heavy atom. The Morgan fingerprint density at radius 3 is 2.95 bits per heavy atom. The zero-order chi connectivity index (χ0) is 14.1. The number of rotatable bonds is 3. The largest absolute Gasteiger partial charge is 0.465 e. The molecule has 0 amide bonds. The highest BCUT2D eigenvalue weighted by molar-refractivity contribution is 5.89. The van der Waals surface area contributed by atoms with Crippen molar-refractivity contribution >= 4 is 11.8 Å². The Labute approximate surface area is 118 Å². The molecule has 2 unspecified atom stereocenters. The summed E-state index contributed by atoms with van der Waals surface area (Å²) >= 11 is 0. The fourth-order valence-electron chi connectivity index (χ4n) is 2.64. The smallest absolute Gasteiger partial charge is 0.339 e. The van der Waals surface area contributed by atoms with Crippen LogP contribution in [-0.2, 0) is 9.47 Å². The molecular formula is C14H19N3O3. The van der Waals surface area contributed by atoms with Gasteiger partial charge in [0.2, 0.25) is 0 Å². The molecule has 20 heavy (non-hydrogen) atoms. The molecule has 0 aromatic carbocycles. The van der Waals surface area contributed by atoms with Gasteiger partial charge in [-0.25, -0.2) is 4.79 Å². The third-order valence-electron chi connectivity index (χ3n) is 3.82. The first-order valence-corrected chi connectivity index (χ1v) is 6.99. The number of ether oxygens (including phenoxy) is 2. The number of carbonyl (C=O) groups is 1. The molecule has 1 saturated heterocycles. The molecule has 1 aromatic heterocycles. The van der Waals surface area contributed by atoms with Crippen LogP contribution in [0.4, 0.5) is 5.82 Å². The summed E-state index contributed by atoms with van der Waals surface area (Å²) in [5, 5.41) is 8.05. The summed E-state index contributed by atoms with van der Waals surface area (Å²) in [5.74, 6) is 1.01. The fourth-order valence-corrected chi connectivity index (χ4v) is 2.64. The minimum atomic E-state index is -0.388. The van der Waals surface area contributed by atoms with Crippen LogP contribution in [0, 0.1) is 5.92 Å². The molecule has 6 heteroatoms. The summed E-state index contributed by atoms with van der Waals surface area (Å²) in [6, 6.07) is 1.74. The highest BCUT2D eigenvalue weighted by Gasteiger charge is 2.37. The molecule has 0 N–H and O–H groups in total. The summed E-state index contributed by atoms with van der Waals surface area (Å²) < 4.78 is 10.7. The molecule has 1 aliphatic heterocycles. The third-order valence-corrected chi connectivity index (χ3v) is 3.82. The zero-order valence-electron chi connectivity index (χ0n) is 11.8. The Morgan fingerprint density at radius 1 is 1.45 bits per heavy atom.